The van der Waals surface area contributed by atoms with Crippen molar-refractivity contribution in [2.45, 2.75) is 64.5 Å². The lowest BCUT2D eigenvalue weighted by Gasteiger charge is -2.38. The Bertz CT molecular complexity index is 1280. The second kappa shape index (κ2) is 9.34. The van der Waals surface area contributed by atoms with E-state index in [1.54, 1.807) is 17.0 Å². The van der Waals surface area contributed by atoms with Crippen molar-refractivity contribution in [2.75, 3.05) is 30.5 Å². The number of hydrogen-bond acceptors (Lipinski definition) is 6. The van der Waals surface area contributed by atoms with E-state index >= 15 is 0 Å². The van der Waals surface area contributed by atoms with Crippen molar-refractivity contribution in [1.82, 2.24) is 18.8 Å². The van der Waals surface area contributed by atoms with Gasteiger partial charge in [0.2, 0.25) is 0 Å². The van der Waals surface area contributed by atoms with Crippen molar-refractivity contribution in [3.8, 4) is 0 Å². The van der Waals surface area contributed by atoms with E-state index in [0.717, 1.165) is 35.5 Å². The number of anilines is 1. The van der Waals surface area contributed by atoms with E-state index in [1.807, 2.05) is 31.7 Å². The highest BCUT2D eigenvalue weighted by molar-refractivity contribution is 7.91. The number of carbonyl (C=O) groups is 2. The molecule has 1 aromatic carbocycles. The van der Waals surface area contributed by atoms with Crippen LogP contribution >= 0.6 is 0 Å². The van der Waals surface area contributed by atoms with Crippen LogP contribution in [0.4, 0.5) is 10.5 Å². The third-order valence-corrected chi connectivity index (χ3v) is 9.22. The molecule has 2 atom stereocenters. The molecule has 4 heterocycles. The molecule has 2 aromatic rings. The lowest BCUT2D eigenvalue weighted by atomic mass is 9.88. The fourth-order valence-electron chi connectivity index (χ4n) is 5.56. The number of piperidine rings is 2. The Balaban J connectivity index is 1.50. The fraction of sp³-hybridized carbons (Fsp3) is 0.577. The van der Waals surface area contributed by atoms with E-state index in [2.05, 4.69) is 11.9 Å². The molecule has 2 amide bonds. The maximum Gasteiger partial charge on any atom is 0.410 e. The molecule has 0 radical (unpaired) electrons. The number of imidazole rings is 1. The van der Waals surface area contributed by atoms with Crippen LogP contribution in [0, 0.1) is 5.92 Å². The monoisotopic (exact) mass is 529 g/mol. The summed E-state index contributed by atoms with van der Waals surface area (Å²) in [7, 11) is -3.95. The van der Waals surface area contributed by atoms with Crippen LogP contribution in [-0.4, -0.2) is 77.0 Å². The number of aromatic nitrogens is 2. The predicted molar refractivity (Wildman–Crippen MR) is 139 cm³/mol. The summed E-state index contributed by atoms with van der Waals surface area (Å²) in [6.07, 6.45) is 6.09. The maximum atomic E-state index is 13.7. The average molecular weight is 530 g/mol. The number of likely N-dealkylation sites (tertiary alicyclic amines) is 2. The number of fused-ring (bicyclic) bond motifs is 3. The minimum Gasteiger partial charge on any atom is -0.444 e. The molecule has 3 aliphatic rings. The quantitative estimate of drug-likeness (QED) is 0.603. The van der Waals surface area contributed by atoms with Crippen LogP contribution < -0.4 is 4.31 Å². The first kappa shape index (κ1) is 25.6. The summed E-state index contributed by atoms with van der Waals surface area (Å²) in [5, 5.41) is 0. The fourth-order valence-corrected chi connectivity index (χ4v) is 7.15. The molecular weight excluding hydrogens is 494 g/mol. The first-order valence-electron chi connectivity index (χ1n) is 12.9. The number of hydrogen-bond donors (Lipinski definition) is 0. The number of ether oxygens (including phenoxy) is 1. The first-order chi connectivity index (χ1) is 17.5. The smallest absolute Gasteiger partial charge is 0.410 e. The number of carbonyl (C=O) groups excluding carboxylic acids is 2. The van der Waals surface area contributed by atoms with Gasteiger partial charge in [-0.15, -0.1) is 0 Å². The second-order valence-electron chi connectivity index (χ2n) is 11.3. The SMILES string of the molecule is CC1CCN(C(=O)c2ccc3c(c2)C2CN(C(=O)OC(C)(C)C)CCC2N3S(=O)(=O)n2ccnc2)CC1. The predicted octanol–water partition coefficient (Wildman–Crippen LogP) is 3.46. The van der Waals surface area contributed by atoms with Gasteiger partial charge in [-0.25, -0.2) is 18.1 Å². The highest BCUT2D eigenvalue weighted by atomic mass is 32.2. The van der Waals surface area contributed by atoms with Crippen molar-refractivity contribution >= 4 is 27.9 Å². The van der Waals surface area contributed by atoms with Gasteiger partial charge < -0.3 is 14.5 Å². The summed E-state index contributed by atoms with van der Waals surface area (Å²) < 4.78 is 35.5. The summed E-state index contributed by atoms with van der Waals surface area (Å²) in [6, 6.07) is 4.90. The highest BCUT2D eigenvalue weighted by Gasteiger charge is 2.48. The number of nitrogens with zero attached hydrogens (tertiary/aromatic N) is 5. The first-order valence-corrected chi connectivity index (χ1v) is 14.3. The van der Waals surface area contributed by atoms with Crippen LogP contribution in [-0.2, 0) is 14.9 Å². The number of amides is 2. The molecule has 11 heteroatoms. The Kier molecular flexibility index (Phi) is 6.45. The maximum absolute atomic E-state index is 13.7. The summed E-state index contributed by atoms with van der Waals surface area (Å²) in [6.45, 7) is 9.78. The summed E-state index contributed by atoms with van der Waals surface area (Å²) in [5.41, 5.74) is 1.21. The third-order valence-electron chi connectivity index (χ3n) is 7.51. The van der Waals surface area contributed by atoms with E-state index in [1.165, 1.54) is 23.0 Å². The van der Waals surface area contributed by atoms with Gasteiger partial charge in [0, 0.05) is 50.1 Å². The van der Waals surface area contributed by atoms with Gasteiger partial charge >= 0.3 is 16.3 Å². The third kappa shape index (κ3) is 4.81. The van der Waals surface area contributed by atoms with Crippen molar-refractivity contribution in [2.24, 2.45) is 5.92 Å². The van der Waals surface area contributed by atoms with Crippen LogP contribution in [0.3, 0.4) is 0 Å². The van der Waals surface area contributed by atoms with Crippen molar-refractivity contribution in [3.05, 3.63) is 48.0 Å². The molecule has 3 aliphatic heterocycles. The minimum atomic E-state index is -3.95. The lowest BCUT2D eigenvalue weighted by molar-refractivity contribution is 0.0192. The standard InChI is InChI=1S/C26H35N5O5S/c1-18-7-11-28(12-8-18)24(32)19-5-6-22-20(15-19)21-16-29(25(33)36-26(2,3)4)13-9-23(21)31(22)37(34,35)30-14-10-27-17-30/h5-6,10,14-15,17-18,21,23H,7-9,11-13,16H2,1-4H3. The van der Waals surface area contributed by atoms with Crippen molar-refractivity contribution in [1.29, 1.82) is 0 Å². The van der Waals surface area contributed by atoms with E-state index in [0.29, 0.717) is 36.7 Å². The molecule has 10 nitrogen and oxygen atoms in total. The van der Waals surface area contributed by atoms with Gasteiger partial charge in [-0.1, -0.05) is 6.92 Å². The summed E-state index contributed by atoms with van der Waals surface area (Å²) >= 11 is 0. The lowest BCUT2D eigenvalue weighted by Crippen LogP contribution is -2.51. The van der Waals surface area contributed by atoms with E-state index in [-0.39, 0.29) is 17.9 Å². The van der Waals surface area contributed by atoms with Crippen molar-refractivity contribution in [3.63, 3.8) is 0 Å². The van der Waals surface area contributed by atoms with Gasteiger partial charge in [-0.05, 0) is 69.7 Å². The molecule has 0 spiro atoms. The van der Waals surface area contributed by atoms with Gasteiger partial charge in [0.1, 0.15) is 11.9 Å². The highest BCUT2D eigenvalue weighted by Crippen LogP contribution is 2.47. The molecule has 200 valence electrons. The molecule has 1 aromatic heterocycles. The Hall–Kier alpha value is -3.08. The van der Waals surface area contributed by atoms with Gasteiger partial charge in [-0.3, -0.25) is 4.79 Å². The minimum absolute atomic E-state index is 0.0398. The zero-order chi connectivity index (χ0) is 26.5. The molecule has 0 N–H and O–H groups in total. The Morgan fingerprint density at radius 1 is 1.05 bits per heavy atom. The average Bonchev–Trinajstić information content (AvgIpc) is 3.50. The van der Waals surface area contributed by atoms with Crippen LogP contribution in [0.15, 0.2) is 36.9 Å². The Morgan fingerprint density at radius 2 is 1.76 bits per heavy atom. The summed E-state index contributed by atoms with van der Waals surface area (Å²) in [5.74, 6) is 0.276. The molecule has 5 rings (SSSR count). The largest absolute Gasteiger partial charge is 0.444 e. The zero-order valence-corrected chi connectivity index (χ0v) is 22.6. The topological polar surface area (TPSA) is 105 Å². The molecule has 0 aliphatic carbocycles. The van der Waals surface area contributed by atoms with Crippen LogP contribution in [0.25, 0.3) is 0 Å². The Labute approximate surface area is 218 Å². The molecule has 37 heavy (non-hydrogen) atoms. The van der Waals surface area contributed by atoms with Crippen LogP contribution in [0.5, 0.6) is 0 Å². The zero-order valence-electron chi connectivity index (χ0n) is 21.8. The van der Waals surface area contributed by atoms with E-state index in [4.69, 9.17) is 4.74 Å². The Morgan fingerprint density at radius 3 is 2.41 bits per heavy atom. The number of benzene rings is 1. The molecule has 2 saturated heterocycles. The van der Waals surface area contributed by atoms with Gasteiger partial charge in [0.25, 0.3) is 5.91 Å². The van der Waals surface area contributed by atoms with Gasteiger partial charge in [0.15, 0.2) is 0 Å². The van der Waals surface area contributed by atoms with E-state index < -0.39 is 21.9 Å². The van der Waals surface area contributed by atoms with Crippen LogP contribution in [0.1, 0.15) is 68.8 Å². The molecule has 2 unspecified atom stereocenters. The van der Waals surface area contributed by atoms with Crippen molar-refractivity contribution < 1.29 is 22.7 Å². The van der Waals surface area contributed by atoms with Gasteiger partial charge in [0.05, 0.1) is 11.7 Å². The number of rotatable bonds is 3. The molecule has 2 fully saturated rings. The second-order valence-corrected chi connectivity index (χ2v) is 13.0. The molecule has 0 saturated carbocycles. The molecule has 0 bridgehead atoms. The summed E-state index contributed by atoms with van der Waals surface area (Å²) in [4.78, 5) is 33.7. The molecular formula is C26H35N5O5S. The normalized spacial score (nSPS) is 22.5. The van der Waals surface area contributed by atoms with Crippen LogP contribution in [0.2, 0.25) is 0 Å². The van der Waals surface area contributed by atoms with E-state index in [9.17, 15) is 18.0 Å². The van der Waals surface area contributed by atoms with Gasteiger partial charge in [-0.2, -0.15) is 8.42 Å².